The molecule has 0 saturated carbocycles. The molecule has 152 valence electrons. The highest BCUT2D eigenvalue weighted by atomic mass is 32.2. The zero-order chi connectivity index (χ0) is 20.4. The van der Waals surface area contributed by atoms with E-state index in [1.165, 1.54) is 11.3 Å². The Bertz CT molecular complexity index is 1130. The molecule has 1 aliphatic heterocycles. The summed E-state index contributed by atoms with van der Waals surface area (Å²) < 4.78 is 14.6. The van der Waals surface area contributed by atoms with Crippen LogP contribution in [0.2, 0.25) is 0 Å². The lowest BCUT2D eigenvalue weighted by atomic mass is 10.0. The maximum atomic E-state index is 12.8. The highest BCUT2D eigenvalue weighted by Gasteiger charge is 2.17. The van der Waals surface area contributed by atoms with Gasteiger partial charge in [0.1, 0.15) is 13.2 Å². The molecule has 1 aromatic heterocycles. The molecule has 0 aliphatic carbocycles. The lowest BCUT2D eigenvalue weighted by Crippen LogP contribution is -2.19. The fourth-order valence-electron chi connectivity index (χ4n) is 3.39. The van der Waals surface area contributed by atoms with Crippen LogP contribution < -0.4 is 14.3 Å². The first-order chi connectivity index (χ1) is 14.0. The fraction of sp³-hybridized carbons (Fsp3) is 0.364. The number of hydrogen-bond donors (Lipinski definition) is 0. The van der Waals surface area contributed by atoms with Crippen LogP contribution in [0.3, 0.4) is 0 Å². The first-order valence-corrected chi connectivity index (χ1v) is 11.8. The molecular formula is C22H24N2O3S2. The third kappa shape index (κ3) is 4.36. The second kappa shape index (κ2) is 8.63. The molecule has 0 N–H and O–H groups in total. The van der Waals surface area contributed by atoms with Crippen LogP contribution in [0.5, 0.6) is 11.5 Å². The number of fused-ring (bicyclic) bond motifs is 2. The first kappa shape index (κ1) is 20.0. The Labute approximate surface area is 178 Å². The van der Waals surface area contributed by atoms with Gasteiger partial charge in [-0.05, 0) is 31.2 Å². The first-order valence-electron chi connectivity index (χ1n) is 9.61. The van der Waals surface area contributed by atoms with E-state index in [2.05, 4.69) is 34.0 Å². The van der Waals surface area contributed by atoms with Gasteiger partial charge in [-0.15, -0.1) is 0 Å². The Morgan fingerprint density at radius 1 is 1.17 bits per heavy atom. The Hall–Kier alpha value is -2.25. The number of aromatic nitrogens is 1. The molecule has 0 spiro atoms. The summed E-state index contributed by atoms with van der Waals surface area (Å²) in [5.74, 6) is 2.34. The van der Waals surface area contributed by atoms with Crippen LogP contribution in [0.1, 0.15) is 16.7 Å². The number of nitrogens with zero attached hydrogens (tertiary/aromatic N) is 2. The number of thiazole rings is 1. The van der Waals surface area contributed by atoms with Crippen LogP contribution in [-0.2, 0) is 17.8 Å². The van der Waals surface area contributed by atoms with Gasteiger partial charge in [-0.3, -0.25) is 4.79 Å². The second-order valence-corrected chi connectivity index (χ2v) is 9.10. The molecule has 0 bridgehead atoms. The zero-order valence-corrected chi connectivity index (χ0v) is 18.5. The summed E-state index contributed by atoms with van der Waals surface area (Å²) in [5.41, 5.74) is 4.34. The zero-order valence-electron chi connectivity index (χ0n) is 16.9. The van der Waals surface area contributed by atoms with Crippen molar-refractivity contribution in [1.29, 1.82) is 0 Å². The highest BCUT2D eigenvalue weighted by Crippen LogP contribution is 2.35. The number of ether oxygens (including phenoxy) is 2. The van der Waals surface area contributed by atoms with Crippen LogP contribution in [0, 0.1) is 13.8 Å². The van der Waals surface area contributed by atoms with E-state index >= 15 is 0 Å². The summed E-state index contributed by atoms with van der Waals surface area (Å²) in [6.45, 7) is 5.97. The van der Waals surface area contributed by atoms with Crippen molar-refractivity contribution >= 4 is 39.2 Å². The summed E-state index contributed by atoms with van der Waals surface area (Å²) in [7, 11) is 0. The maximum absolute atomic E-state index is 12.8. The predicted octanol–water partition coefficient (Wildman–Crippen LogP) is 4.12. The molecule has 0 unspecified atom stereocenters. The third-order valence-corrected chi connectivity index (χ3v) is 6.56. The SMILES string of the molecule is CSCCn1c(=NC(=O)Cc2cc(C)ccc2C)sc2cc3c(cc21)OCCO3. The number of thioether (sulfide) groups is 1. The van der Waals surface area contributed by atoms with Gasteiger partial charge in [0.25, 0.3) is 5.91 Å². The van der Waals surface area contributed by atoms with E-state index in [0.29, 0.717) is 19.6 Å². The van der Waals surface area contributed by atoms with Gasteiger partial charge < -0.3 is 14.0 Å². The molecule has 2 aromatic carbocycles. The molecule has 4 rings (SSSR count). The van der Waals surface area contributed by atoms with Gasteiger partial charge in [0.15, 0.2) is 16.3 Å². The second-order valence-electron chi connectivity index (χ2n) is 7.10. The van der Waals surface area contributed by atoms with Crippen molar-refractivity contribution in [2.45, 2.75) is 26.8 Å². The number of hydrogen-bond acceptors (Lipinski definition) is 5. The minimum absolute atomic E-state index is 0.125. The van der Waals surface area contributed by atoms with Crippen molar-refractivity contribution in [2.24, 2.45) is 4.99 Å². The number of aryl methyl sites for hydroxylation is 3. The van der Waals surface area contributed by atoms with Crippen molar-refractivity contribution < 1.29 is 14.3 Å². The van der Waals surface area contributed by atoms with E-state index in [1.807, 2.05) is 26.0 Å². The van der Waals surface area contributed by atoms with Crippen LogP contribution in [0.25, 0.3) is 10.2 Å². The largest absolute Gasteiger partial charge is 0.486 e. The average Bonchev–Trinajstić information content (AvgIpc) is 3.03. The van der Waals surface area contributed by atoms with Crippen LogP contribution in [0.4, 0.5) is 0 Å². The van der Waals surface area contributed by atoms with Gasteiger partial charge in [-0.2, -0.15) is 16.8 Å². The van der Waals surface area contributed by atoms with Gasteiger partial charge in [0.05, 0.1) is 16.6 Å². The molecule has 0 saturated heterocycles. The summed E-state index contributed by atoms with van der Waals surface area (Å²) in [5, 5.41) is 0. The molecule has 2 heterocycles. The Kier molecular flexibility index (Phi) is 5.96. The van der Waals surface area contributed by atoms with Gasteiger partial charge in [0.2, 0.25) is 0 Å². The van der Waals surface area contributed by atoms with Crippen molar-refractivity contribution in [3.05, 3.63) is 51.8 Å². The topological polar surface area (TPSA) is 52.8 Å². The predicted molar refractivity (Wildman–Crippen MR) is 119 cm³/mol. The van der Waals surface area contributed by atoms with E-state index in [-0.39, 0.29) is 5.91 Å². The van der Waals surface area contributed by atoms with Crippen molar-refractivity contribution in [3.63, 3.8) is 0 Å². The van der Waals surface area contributed by atoms with E-state index in [1.54, 1.807) is 11.8 Å². The fourth-order valence-corrected chi connectivity index (χ4v) is 4.84. The normalized spacial score (nSPS) is 13.8. The summed E-state index contributed by atoms with van der Waals surface area (Å²) in [6, 6.07) is 10.2. The van der Waals surface area contributed by atoms with Crippen molar-refractivity contribution in [3.8, 4) is 11.5 Å². The van der Waals surface area contributed by atoms with Gasteiger partial charge in [-0.1, -0.05) is 35.1 Å². The quantitative estimate of drug-likeness (QED) is 0.613. The minimum Gasteiger partial charge on any atom is -0.486 e. The molecule has 3 aromatic rings. The van der Waals surface area contributed by atoms with Crippen molar-refractivity contribution in [2.75, 3.05) is 25.2 Å². The molecule has 29 heavy (non-hydrogen) atoms. The summed E-state index contributed by atoms with van der Waals surface area (Å²) in [4.78, 5) is 18.0. The third-order valence-electron chi connectivity index (χ3n) is 4.93. The Morgan fingerprint density at radius 3 is 2.69 bits per heavy atom. The Balaban J connectivity index is 1.74. The van der Waals surface area contributed by atoms with E-state index in [0.717, 1.165) is 55.5 Å². The van der Waals surface area contributed by atoms with Gasteiger partial charge in [-0.25, -0.2) is 0 Å². The smallest absolute Gasteiger partial charge is 0.252 e. The number of carbonyl (C=O) groups is 1. The minimum atomic E-state index is -0.125. The molecule has 7 heteroatoms. The van der Waals surface area contributed by atoms with Crippen molar-refractivity contribution in [1.82, 2.24) is 4.57 Å². The summed E-state index contributed by atoms with van der Waals surface area (Å²) >= 11 is 3.30. The van der Waals surface area contributed by atoms with Crippen LogP contribution in [0.15, 0.2) is 35.3 Å². The molecule has 5 nitrogen and oxygen atoms in total. The maximum Gasteiger partial charge on any atom is 0.252 e. The molecule has 0 fully saturated rings. The number of amides is 1. The lowest BCUT2D eigenvalue weighted by molar-refractivity contribution is -0.117. The lowest BCUT2D eigenvalue weighted by Gasteiger charge is -2.18. The molecule has 1 aliphatic rings. The molecule has 1 amide bonds. The van der Waals surface area contributed by atoms with Crippen LogP contribution in [-0.4, -0.2) is 35.7 Å². The van der Waals surface area contributed by atoms with E-state index in [4.69, 9.17) is 9.47 Å². The van der Waals surface area contributed by atoms with Gasteiger partial charge in [0, 0.05) is 24.4 Å². The molecule has 0 radical (unpaired) electrons. The monoisotopic (exact) mass is 428 g/mol. The average molecular weight is 429 g/mol. The van der Waals surface area contributed by atoms with Crippen LogP contribution >= 0.6 is 23.1 Å². The number of rotatable bonds is 5. The molecular weight excluding hydrogens is 404 g/mol. The molecule has 0 atom stereocenters. The summed E-state index contributed by atoms with van der Waals surface area (Å²) in [6.07, 6.45) is 2.39. The number of carbonyl (C=O) groups excluding carboxylic acids is 1. The van der Waals surface area contributed by atoms with Gasteiger partial charge >= 0.3 is 0 Å². The highest BCUT2D eigenvalue weighted by molar-refractivity contribution is 7.98. The standard InChI is InChI=1S/C22H24N2O3S2/c1-14-4-5-15(2)16(10-14)11-21(25)23-22-24(6-9-28-3)17-12-18-19(13-20(17)29-22)27-8-7-26-18/h4-5,10,12-13H,6-9,11H2,1-3H3. The number of benzene rings is 2. The Morgan fingerprint density at radius 2 is 1.93 bits per heavy atom. The van der Waals surface area contributed by atoms with E-state index < -0.39 is 0 Å². The van der Waals surface area contributed by atoms with E-state index in [9.17, 15) is 4.79 Å².